The highest BCUT2D eigenvalue weighted by Crippen LogP contribution is 2.29. The highest BCUT2D eigenvalue weighted by atomic mass is 19.4. The summed E-state index contributed by atoms with van der Waals surface area (Å²) in [6, 6.07) is 0.491. The second-order valence-corrected chi connectivity index (χ2v) is 9.88. The number of hydrogen-bond acceptors (Lipinski definition) is 7. The summed E-state index contributed by atoms with van der Waals surface area (Å²) in [5.41, 5.74) is -0.765. The molecule has 2 aliphatic heterocycles. The molecular formula is C23H29F4N5O5. The van der Waals surface area contributed by atoms with Crippen molar-refractivity contribution < 1.29 is 41.5 Å². The summed E-state index contributed by atoms with van der Waals surface area (Å²) in [4.78, 5) is 49.9. The van der Waals surface area contributed by atoms with Gasteiger partial charge in [0, 0.05) is 37.4 Å². The summed E-state index contributed by atoms with van der Waals surface area (Å²) in [6.45, 7) is 3.14. The van der Waals surface area contributed by atoms with E-state index >= 15 is 0 Å². The van der Waals surface area contributed by atoms with Gasteiger partial charge in [-0.05, 0) is 45.4 Å². The molecule has 1 aromatic carbocycles. The number of hydrogen-bond donors (Lipinski definition) is 3. The molecule has 2 aliphatic rings. The molecule has 10 nitrogen and oxygen atoms in total. The summed E-state index contributed by atoms with van der Waals surface area (Å²) in [5, 5.41) is 7.32. The first-order valence-electron chi connectivity index (χ1n) is 11.6. The van der Waals surface area contributed by atoms with Crippen LogP contribution in [0, 0.1) is 5.82 Å². The molecule has 0 spiro atoms. The van der Waals surface area contributed by atoms with Crippen molar-refractivity contribution in [2.24, 2.45) is 0 Å². The fourth-order valence-electron chi connectivity index (χ4n) is 3.98. The van der Waals surface area contributed by atoms with Gasteiger partial charge in [0.05, 0.1) is 6.54 Å². The summed E-state index contributed by atoms with van der Waals surface area (Å²) in [6.07, 6.45) is -5.30. The van der Waals surface area contributed by atoms with Gasteiger partial charge in [0.25, 0.3) is 0 Å². The Kier molecular flexibility index (Phi) is 8.30. The first kappa shape index (κ1) is 28.2. The number of rotatable bonds is 5. The molecule has 3 rings (SSSR count). The van der Waals surface area contributed by atoms with E-state index in [1.165, 1.54) is 6.07 Å². The predicted molar refractivity (Wildman–Crippen MR) is 124 cm³/mol. The Labute approximate surface area is 210 Å². The molecule has 0 aliphatic carbocycles. The molecular weight excluding hydrogens is 502 g/mol. The van der Waals surface area contributed by atoms with E-state index in [4.69, 9.17) is 4.74 Å². The van der Waals surface area contributed by atoms with Gasteiger partial charge in [-0.15, -0.1) is 0 Å². The molecule has 37 heavy (non-hydrogen) atoms. The molecule has 2 atom stereocenters. The standard InChI is InChI=1S/C23H29F4N5O5/c1-22(2,3)37-21(36)32-7-6-31(17(11-32)23(25,26)27)12-19(34)29-15-9-13(24)8-14(10-15)28-16-4-5-18(33)30-20(16)35/h8-10,16-17,28H,4-7,11-12H2,1-3H3,(H,29,34)(H,30,33,35)/t16?,17-/m0/s1. The average Bonchev–Trinajstić information content (AvgIpc) is 2.73. The van der Waals surface area contributed by atoms with E-state index in [-0.39, 0.29) is 37.3 Å². The first-order chi connectivity index (χ1) is 17.1. The Bertz CT molecular complexity index is 1060. The number of carbonyl (C=O) groups is 4. The number of piperazine rings is 1. The smallest absolute Gasteiger partial charge is 0.410 e. The third-order valence-electron chi connectivity index (χ3n) is 5.63. The molecule has 204 valence electrons. The number of ether oxygens (including phenoxy) is 1. The van der Waals surface area contributed by atoms with Gasteiger partial charge < -0.3 is 20.3 Å². The van der Waals surface area contributed by atoms with Crippen LogP contribution in [0.4, 0.5) is 33.7 Å². The molecule has 0 bridgehead atoms. The quantitative estimate of drug-likeness (QED) is 0.395. The number of anilines is 2. The van der Waals surface area contributed by atoms with Crippen molar-refractivity contribution in [3.8, 4) is 0 Å². The molecule has 0 radical (unpaired) electrons. The lowest BCUT2D eigenvalue weighted by Gasteiger charge is -2.41. The average molecular weight is 532 g/mol. The number of amides is 4. The van der Waals surface area contributed by atoms with Crippen LogP contribution in [-0.2, 0) is 19.1 Å². The van der Waals surface area contributed by atoms with Crippen molar-refractivity contribution in [1.82, 2.24) is 15.1 Å². The number of nitrogens with zero attached hydrogens (tertiary/aromatic N) is 2. The molecule has 14 heteroatoms. The van der Waals surface area contributed by atoms with Gasteiger partial charge in [0.2, 0.25) is 17.7 Å². The van der Waals surface area contributed by atoms with Crippen LogP contribution in [0.25, 0.3) is 0 Å². The van der Waals surface area contributed by atoms with Gasteiger partial charge in [-0.25, -0.2) is 9.18 Å². The van der Waals surface area contributed by atoms with Crippen LogP contribution in [0.3, 0.4) is 0 Å². The van der Waals surface area contributed by atoms with E-state index in [2.05, 4.69) is 16.0 Å². The van der Waals surface area contributed by atoms with Crippen LogP contribution in [0.5, 0.6) is 0 Å². The number of nitrogens with one attached hydrogen (secondary N) is 3. The van der Waals surface area contributed by atoms with E-state index in [0.29, 0.717) is 0 Å². The van der Waals surface area contributed by atoms with E-state index in [1.54, 1.807) is 20.8 Å². The van der Waals surface area contributed by atoms with Crippen molar-refractivity contribution in [2.75, 3.05) is 36.8 Å². The Morgan fingerprint density at radius 1 is 1.11 bits per heavy atom. The third kappa shape index (κ3) is 8.03. The van der Waals surface area contributed by atoms with E-state index < -0.39 is 66.6 Å². The molecule has 2 heterocycles. The lowest BCUT2D eigenvalue weighted by Crippen LogP contribution is -2.61. The van der Waals surface area contributed by atoms with Crippen molar-refractivity contribution >= 4 is 35.2 Å². The number of imide groups is 1. The van der Waals surface area contributed by atoms with Crippen LogP contribution < -0.4 is 16.0 Å². The topological polar surface area (TPSA) is 120 Å². The van der Waals surface area contributed by atoms with Crippen LogP contribution in [-0.4, -0.2) is 83.7 Å². The SMILES string of the molecule is CC(C)(C)OC(=O)N1CCN(CC(=O)Nc2cc(F)cc(NC3CCC(=O)NC3=O)c2)[C@H](C(F)(F)F)C1. The van der Waals surface area contributed by atoms with Gasteiger partial charge in [0.1, 0.15) is 23.5 Å². The Hall–Kier alpha value is -3.42. The minimum atomic E-state index is -4.72. The van der Waals surface area contributed by atoms with Gasteiger partial charge in [-0.1, -0.05) is 0 Å². The summed E-state index contributed by atoms with van der Waals surface area (Å²) in [5.74, 6) is -2.57. The second-order valence-electron chi connectivity index (χ2n) is 9.88. The lowest BCUT2D eigenvalue weighted by atomic mass is 10.1. The van der Waals surface area contributed by atoms with Crippen LogP contribution >= 0.6 is 0 Å². The van der Waals surface area contributed by atoms with E-state index in [0.717, 1.165) is 21.9 Å². The van der Waals surface area contributed by atoms with Crippen molar-refractivity contribution in [2.45, 2.75) is 57.5 Å². The maximum absolute atomic E-state index is 14.2. The van der Waals surface area contributed by atoms with Crippen molar-refractivity contribution in [3.63, 3.8) is 0 Å². The van der Waals surface area contributed by atoms with Gasteiger partial charge >= 0.3 is 12.3 Å². The number of halogens is 4. The fourth-order valence-corrected chi connectivity index (χ4v) is 3.98. The molecule has 2 fully saturated rings. The minimum Gasteiger partial charge on any atom is -0.444 e. The Morgan fingerprint density at radius 3 is 2.41 bits per heavy atom. The summed E-state index contributed by atoms with van der Waals surface area (Å²) >= 11 is 0. The molecule has 4 amide bonds. The highest BCUT2D eigenvalue weighted by molar-refractivity contribution is 6.01. The normalized spacial score (nSPS) is 21.3. The Balaban J connectivity index is 1.64. The maximum Gasteiger partial charge on any atom is 0.410 e. The molecule has 1 unspecified atom stereocenters. The number of carbonyl (C=O) groups excluding carboxylic acids is 4. The summed E-state index contributed by atoms with van der Waals surface area (Å²) in [7, 11) is 0. The minimum absolute atomic E-state index is 0.0317. The first-order valence-corrected chi connectivity index (χ1v) is 11.6. The zero-order chi connectivity index (χ0) is 27.5. The third-order valence-corrected chi connectivity index (χ3v) is 5.63. The van der Waals surface area contributed by atoms with Crippen LogP contribution in [0.15, 0.2) is 18.2 Å². The van der Waals surface area contributed by atoms with Gasteiger partial charge in [-0.3, -0.25) is 24.6 Å². The molecule has 2 saturated heterocycles. The fraction of sp³-hybridized carbons (Fsp3) is 0.565. The summed E-state index contributed by atoms with van der Waals surface area (Å²) < 4.78 is 60.6. The number of alkyl halides is 3. The second kappa shape index (κ2) is 10.9. The zero-order valence-corrected chi connectivity index (χ0v) is 20.6. The highest BCUT2D eigenvalue weighted by Gasteiger charge is 2.48. The number of benzene rings is 1. The molecule has 1 aromatic rings. The van der Waals surface area contributed by atoms with E-state index in [9.17, 15) is 36.7 Å². The van der Waals surface area contributed by atoms with Crippen molar-refractivity contribution in [1.29, 1.82) is 0 Å². The zero-order valence-electron chi connectivity index (χ0n) is 20.6. The van der Waals surface area contributed by atoms with Crippen LogP contribution in [0.2, 0.25) is 0 Å². The van der Waals surface area contributed by atoms with Gasteiger partial charge in [-0.2, -0.15) is 13.2 Å². The van der Waals surface area contributed by atoms with Crippen molar-refractivity contribution in [3.05, 3.63) is 24.0 Å². The lowest BCUT2D eigenvalue weighted by molar-refractivity contribution is -0.195. The van der Waals surface area contributed by atoms with Gasteiger partial charge in [0.15, 0.2) is 0 Å². The van der Waals surface area contributed by atoms with Crippen LogP contribution in [0.1, 0.15) is 33.6 Å². The largest absolute Gasteiger partial charge is 0.444 e. The predicted octanol–water partition coefficient (Wildman–Crippen LogP) is 2.46. The molecule has 0 aromatic heterocycles. The Morgan fingerprint density at radius 2 is 1.78 bits per heavy atom. The maximum atomic E-state index is 14.2. The number of piperidine rings is 1. The molecule has 0 saturated carbocycles. The monoisotopic (exact) mass is 531 g/mol. The molecule has 3 N–H and O–H groups in total. The van der Waals surface area contributed by atoms with E-state index in [1.807, 2.05) is 0 Å².